The van der Waals surface area contributed by atoms with Gasteiger partial charge in [-0.15, -0.1) is 0 Å². The average Bonchev–Trinajstić information content (AvgIpc) is 2.34. The molecule has 0 bridgehead atoms. The molecule has 1 aliphatic heterocycles. The number of benzene rings is 1. The lowest BCUT2D eigenvalue weighted by Crippen LogP contribution is -2.40. The Labute approximate surface area is 105 Å². The number of nitrogens with one attached hydrogen (secondary N) is 1. The van der Waals surface area contributed by atoms with Gasteiger partial charge in [0.2, 0.25) is 0 Å². The molecule has 1 atom stereocenters. The Morgan fingerprint density at radius 3 is 3.12 bits per heavy atom. The summed E-state index contributed by atoms with van der Waals surface area (Å²) in [5.74, 6) is -0.333. The van der Waals surface area contributed by atoms with Crippen molar-refractivity contribution in [2.45, 2.75) is 12.7 Å². The van der Waals surface area contributed by atoms with Gasteiger partial charge in [0.05, 0.1) is 25.9 Å². The summed E-state index contributed by atoms with van der Waals surface area (Å²) in [7, 11) is 0. The molecule has 1 aromatic carbocycles. The molecule has 1 unspecified atom stereocenters. The van der Waals surface area contributed by atoms with Gasteiger partial charge in [0, 0.05) is 23.7 Å². The van der Waals surface area contributed by atoms with E-state index in [1.54, 1.807) is 12.1 Å². The van der Waals surface area contributed by atoms with E-state index in [1.807, 2.05) is 0 Å². The Hall–Kier alpha value is -0.680. The lowest BCUT2D eigenvalue weighted by atomic mass is 10.2. The summed E-state index contributed by atoms with van der Waals surface area (Å²) < 4.78 is 24.3. The zero-order valence-corrected chi connectivity index (χ0v) is 10.2. The van der Waals surface area contributed by atoms with E-state index in [0.717, 1.165) is 13.1 Å². The molecular weight excluding hydrogens is 245 g/mol. The van der Waals surface area contributed by atoms with Crippen molar-refractivity contribution in [1.29, 1.82) is 0 Å². The zero-order chi connectivity index (χ0) is 12.1. The number of hydrogen-bond acceptors (Lipinski definition) is 3. The van der Waals surface area contributed by atoms with E-state index < -0.39 is 0 Å². The smallest absolute Gasteiger partial charge is 0.130 e. The molecule has 1 aromatic rings. The Morgan fingerprint density at radius 1 is 1.53 bits per heavy atom. The van der Waals surface area contributed by atoms with E-state index in [-0.39, 0.29) is 18.5 Å². The largest absolute Gasteiger partial charge is 0.374 e. The van der Waals surface area contributed by atoms with Gasteiger partial charge in [-0.2, -0.15) is 0 Å². The van der Waals surface area contributed by atoms with Gasteiger partial charge >= 0.3 is 0 Å². The minimum Gasteiger partial charge on any atom is -0.374 e. The molecule has 5 heteroatoms. The quantitative estimate of drug-likeness (QED) is 0.897. The first-order valence-electron chi connectivity index (χ1n) is 5.60. The van der Waals surface area contributed by atoms with Gasteiger partial charge in [-0.1, -0.05) is 17.7 Å². The Balaban J connectivity index is 1.81. The van der Waals surface area contributed by atoms with Gasteiger partial charge in [0.25, 0.3) is 0 Å². The second-order valence-electron chi connectivity index (χ2n) is 3.91. The summed E-state index contributed by atoms with van der Waals surface area (Å²) in [4.78, 5) is 0. The minimum atomic E-state index is -0.333. The molecule has 3 nitrogen and oxygen atoms in total. The van der Waals surface area contributed by atoms with Crippen LogP contribution in [0.1, 0.15) is 5.56 Å². The monoisotopic (exact) mass is 259 g/mol. The third kappa shape index (κ3) is 3.64. The second kappa shape index (κ2) is 6.31. The van der Waals surface area contributed by atoms with Gasteiger partial charge in [-0.3, -0.25) is 0 Å². The lowest BCUT2D eigenvalue weighted by Gasteiger charge is -2.23. The molecule has 0 radical (unpaired) electrons. The summed E-state index contributed by atoms with van der Waals surface area (Å²) in [6.07, 6.45) is 0.0364. The van der Waals surface area contributed by atoms with Crippen LogP contribution in [0.3, 0.4) is 0 Å². The van der Waals surface area contributed by atoms with Gasteiger partial charge in [-0.05, 0) is 12.1 Å². The maximum Gasteiger partial charge on any atom is 0.130 e. The topological polar surface area (TPSA) is 30.5 Å². The molecule has 1 saturated heterocycles. The first-order valence-corrected chi connectivity index (χ1v) is 5.98. The Bertz CT molecular complexity index is 349. The highest BCUT2D eigenvalue weighted by Crippen LogP contribution is 2.19. The van der Waals surface area contributed by atoms with Crippen LogP contribution in [-0.4, -0.2) is 32.4 Å². The average molecular weight is 260 g/mol. The summed E-state index contributed by atoms with van der Waals surface area (Å²) >= 11 is 5.89. The van der Waals surface area contributed by atoms with E-state index >= 15 is 0 Å². The number of morpholine rings is 1. The number of halogens is 2. The predicted molar refractivity (Wildman–Crippen MR) is 63.7 cm³/mol. The SMILES string of the molecule is Fc1cccc(Cl)c1COCC1CNCCO1. The molecule has 1 heterocycles. The summed E-state index contributed by atoms with van der Waals surface area (Å²) in [6, 6.07) is 4.61. The summed E-state index contributed by atoms with van der Waals surface area (Å²) in [6.45, 7) is 2.94. The minimum absolute atomic E-state index is 0.0364. The van der Waals surface area contributed by atoms with Crippen molar-refractivity contribution in [2.75, 3.05) is 26.3 Å². The van der Waals surface area contributed by atoms with Crippen LogP contribution < -0.4 is 5.32 Å². The van der Waals surface area contributed by atoms with Crippen molar-refractivity contribution in [3.63, 3.8) is 0 Å². The van der Waals surface area contributed by atoms with Crippen LogP contribution in [-0.2, 0) is 16.1 Å². The fraction of sp³-hybridized carbons (Fsp3) is 0.500. The van der Waals surface area contributed by atoms with Crippen LogP contribution >= 0.6 is 11.6 Å². The molecule has 0 amide bonds. The van der Waals surface area contributed by atoms with E-state index in [4.69, 9.17) is 21.1 Å². The Morgan fingerprint density at radius 2 is 2.41 bits per heavy atom. The van der Waals surface area contributed by atoms with Crippen molar-refractivity contribution >= 4 is 11.6 Å². The fourth-order valence-electron chi connectivity index (χ4n) is 1.69. The second-order valence-corrected chi connectivity index (χ2v) is 4.32. The van der Waals surface area contributed by atoms with Crippen molar-refractivity contribution in [3.8, 4) is 0 Å². The summed E-state index contributed by atoms with van der Waals surface area (Å²) in [5, 5.41) is 3.60. The molecule has 0 aromatic heterocycles. The van der Waals surface area contributed by atoms with Crippen LogP contribution in [0, 0.1) is 5.82 Å². The van der Waals surface area contributed by atoms with Crippen LogP contribution in [0.4, 0.5) is 4.39 Å². The lowest BCUT2D eigenvalue weighted by molar-refractivity contribution is -0.0361. The van der Waals surface area contributed by atoms with Gasteiger partial charge in [0.1, 0.15) is 5.82 Å². The highest BCUT2D eigenvalue weighted by atomic mass is 35.5. The molecule has 17 heavy (non-hydrogen) atoms. The standard InChI is InChI=1S/C12H15ClFNO2/c13-11-2-1-3-12(14)10(11)8-16-7-9-6-15-4-5-17-9/h1-3,9,15H,4-8H2. The molecular formula is C12H15ClFNO2. The van der Waals surface area contributed by atoms with E-state index in [9.17, 15) is 4.39 Å². The molecule has 1 fully saturated rings. The van der Waals surface area contributed by atoms with Crippen LogP contribution in [0.2, 0.25) is 5.02 Å². The predicted octanol–water partition coefficient (Wildman–Crippen LogP) is 1.98. The van der Waals surface area contributed by atoms with E-state index in [2.05, 4.69) is 5.32 Å². The van der Waals surface area contributed by atoms with Gasteiger partial charge in [-0.25, -0.2) is 4.39 Å². The van der Waals surface area contributed by atoms with Crippen LogP contribution in [0.15, 0.2) is 18.2 Å². The maximum atomic E-state index is 13.4. The highest BCUT2D eigenvalue weighted by molar-refractivity contribution is 6.31. The molecule has 94 valence electrons. The van der Waals surface area contributed by atoms with Gasteiger partial charge in [0.15, 0.2) is 0 Å². The van der Waals surface area contributed by atoms with Crippen molar-refractivity contribution in [3.05, 3.63) is 34.6 Å². The molecule has 2 rings (SSSR count). The third-order valence-corrected chi connectivity index (χ3v) is 2.97. The molecule has 1 N–H and O–H groups in total. The molecule has 1 aliphatic rings. The van der Waals surface area contributed by atoms with Crippen molar-refractivity contribution in [1.82, 2.24) is 5.32 Å². The fourth-order valence-corrected chi connectivity index (χ4v) is 1.91. The zero-order valence-electron chi connectivity index (χ0n) is 9.42. The highest BCUT2D eigenvalue weighted by Gasteiger charge is 2.14. The molecule has 0 saturated carbocycles. The first kappa shape index (κ1) is 12.8. The van der Waals surface area contributed by atoms with Crippen molar-refractivity contribution < 1.29 is 13.9 Å². The third-order valence-electron chi connectivity index (χ3n) is 2.62. The normalized spacial score (nSPS) is 20.5. The first-order chi connectivity index (χ1) is 8.27. The van der Waals surface area contributed by atoms with Gasteiger partial charge < -0.3 is 14.8 Å². The maximum absolute atomic E-state index is 13.4. The molecule has 0 aliphatic carbocycles. The number of hydrogen-bond donors (Lipinski definition) is 1. The Kier molecular flexibility index (Phi) is 4.74. The van der Waals surface area contributed by atoms with Crippen LogP contribution in [0.5, 0.6) is 0 Å². The van der Waals surface area contributed by atoms with Crippen molar-refractivity contribution in [2.24, 2.45) is 0 Å². The number of ether oxygens (including phenoxy) is 2. The molecule has 0 spiro atoms. The number of rotatable bonds is 4. The van der Waals surface area contributed by atoms with Crippen LogP contribution in [0.25, 0.3) is 0 Å². The summed E-state index contributed by atoms with van der Waals surface area (Å²) in [5.41, 5.74) is 0.401. The van der Waals surface area contributed by atoms with E-state index in [1.165, 1.54) is 6.07 Å². The van der Waals surface area contributed by atoms with E-state index in [0.29, 0.717) is 23.8 Å².